The molecule has 2 N–H and O–H groups in total. The summed E-state index contributed by atoms with van der Waals surface area (Å²) in [6.45, 7) is 8.05. The van der Waals surface area contributed by atoms with Gasteiger partial charge < -0.3 is 15.4 Å². The molecule has 0 aromatic heterocycles. The van der Waals surface area contributed by atoms with Gasteiger partial charge in [0, 0.05) is 25.7 Å². The second-order valence-corrected chi connectivity index (χ2v) is 6.01. The lowest BCUT2D eigenvalue weighted by Gasteiger charge is -2.31. The van der Waals surface area contributed by atoms with Crippen molar-refractivity contribution in [3.8, 4) is 0 Å². The van der Waals surface area contributed by atoms with E-state index in [-0.39, 0.29) is 6.04 Å². The van der Waals surface area contributed by atoms with Gasteiger partial charge in [0.1, 0.15) is 0 Å². The summed E-state index contributed by atoms with van der Waals surface area (Å²) in [7, 11) is 1.73. The minimum Gasteiger partial charge on any atom is -0.383 e. The minimum atomic E-state index is 0.200. The van der Waals surface area contributed by atoms with E-state index in [1.165, 1.54) is 5.56 Å². The first-order chi connectivity index (χ1) is 10.0. The van der Waals surface area contributed by atoms with Crippen LogP contribution in [0, 0.1) is 0 Å². The molecular formula is C17H29ClN2O. The van der Waals surface area contributed by atoms with Crippen molar-refractivity contribution < 1.29 is 4.74 Å². The molecular weight excluding hydrogens is 284 g/mol. The van der Waals surface area contributed by atoms with Crippen LogP contribution in [0.1, 0.15) is 39.2 Å². The Morgan fingerprint density at radius 3 is 2.52 bits per heavy atom. The molecule has 2 unspecified atom stereocenters. The van der Waals surface area contributed by atoms with Gasteiger partial charge in [0.2, 0.25) is 0 Å². The molecule has 0 aliphatic heterocycles. The predicted molar refractivity (Wildman–Crippen MR) is 92.4 cm³/mol. The SMILES string of the molecule is CCC(N)Cc1ccc(N(CCOC)C(C)CC)c(Cl)c1. The summed E-state index contributed by atoms with van der Waals surface area (Å²) in [5, 5.41) is 0.798. The van der Waals surface area contributed by atoms with Crippen LogP contribution < -0.4 is 10.6 Å². The summed E-state index contributed by atoms with van der Waals surface area (Å²) in [6.07, 6.45) is 2.92. The van der Waals surface area contributed by atoms with E-state index in [0.717, 1.165) is 36.5 Å². The molecule has 2 atom stereocenters. The number of anilines is 1. The molecule has 1 aromatic rings. The number of benzene rings is 1. The van der Waals surface area contributed by atoms with Gasteiger partial charge in [0.05, 0.1) is 17.3 Å². The number of nitrogens with zero attached hydrogens (tertiary/aromatic N) is 1. The van der Waals surface area contributed by atoms with Gasteiger partial charge in [-0.1, -0.05) is 31.5 Å². The second-order valence-electron chi connectivity index (χ2n) is 5.60. The first-order valence-electron chi connectivity index (χ1n) is 7.83. The van der Waals surface area contributed by atoms with Crippen molar-refractivity contribution in [3.63, 3.8) is 0 Å². The Hall–Kier alpha value is -0.770. The van der Waals surface area contributed by atoms with Gasteiger partial charge in [-0.15, -0.1) is 0 Å². The molecule has 0 spiro atoms. The number of methoxy groups -OCH3 is 1. The fourth-order valence-electron chi connectivity index (χ4n) is 2.35. The summed E-state index contributed by atoms with van der Waals surface area (Å²) >= 11 is 6.51. The summed E-state index contributed by atoms with van der Waals surface area (Å²) in [4.78, 5) is 2.31. The zero-order valence-electron chi connectivity index (χ0n) is 13.7. The highest BCUT2D eigenvalue weighted by molar-refractivity contribution is 6.33. The lowest BCUT2D eigenvalue weighted by molar-refractivity contribution is 0.203. The lowest BCUT2D eigenvalue weighted by atomic mass is 10.0. The maximum atomic E-state index is 6.51. The topological polar surface area (TPSA) is 38.5 Å². The van der Waals surface area contributed by atoms with E-state index in [9.17, 15) is 0 Å². The smallest absolute Gasteiger partial charge is 0.0642 e. The summed E-state index contributed by atoms with van der Waals surface area (Å²) in [6, 6.07) is 6.93. The van der Waals surface area contributed by atoms with E-state index >= 15 is 0 Å². The average Bonchev–Trinajstić information content (AvgIpc) is 2.48. The first-order valence-corrected chi connectivity index (χ1v) is 8.20. The Morgan fingerprint density at radius 2 is 2.00 bits per heavy atom. The van der Waals surface area contributed by atoms with Crippen LogP contribution in [0.15, 0.2) is 18.2 Å². The second kappa shape index (κ2) is 9.29. The fraction of sp³-hybridized carbons (Fsp3) is 0.647. The molecule has 0 radical (unpaired) electrons. The molecule has 0 bridgehead atoms. The molecule has 0 fully saturated rings. The van der Waals surface area contributed by atoms with Crippen molar-refractivity contribution in [2.75, 3.05) is 25.2 Å². The minimum absolute atomic E-state index is 0.200. The highest BCUT2D eigenvalue weighted by Crippen LogP contribution is 2.29. The molecule has 0 heterocycles. The Labute approximate surface area is 134 Å². The third-order valence-electron chi connectivity index (χ3n) is 4.00. The zero-order chi connectivity index (χ0) is 15.8. The van der Waals surface area contributed by atoms with Crippen molar-refractivity contribution in [1.29, 1.82) is 0 Å². The van der Waals surface area contributed by atoms with E-state index in [1.807, 2.05) is 0 Å². The van der Waals surface area contributed by atoms with E-state index in [0.29, 0.717) is 12.6 Å². The van der Waals surface area contributed by atoms with Crippen molar-refractivity contribution in [3.05, 3.63) is 28.8 Å². The number of nitrogens with two attached hydrogens (primary N) is 1. The van der Waals surface area contributed by atoms with Crippen LogP contribution in [0.5, 0.6) is 0 Å². The first kappa shape index (κ1) is 18.3. The number of rotatable bonds is 9. The van der Waals surface area contributed by atoms with E-state index < -0.39 is 0 Å². The normalized spacial score (nSPS) is 14.0. The van der Waals surface area contributed by atoms with E-state index in [2.05, 4.69) is 43.9 Å². The monoisotopic (exact) mass is 312 g/mol. The molecule has 3 nitrogen and oxygen atoms in total. The average molecular weight is 313 g/mol. The van der Waals surface area contributed by atoms with Crippen LogP contribution in [-0.4, -0.2) is 32.3 Å². The van der Waals surface area contributed by atoms with Gasteiger partial charge in [-0.25, -0.2) is 0 Å². The Balaban J connectivity index is 2.93. The Kier molecular flexibility index (Phi) is 8.09. The van der Waals surface area contributed by atoms with E-state index in [4.69, 9.17) is 22.1 Å². The molecule has 0 aliphatic carbocycles. The largest absolute Gasteiger partial charge is 0.383 e. The molecule has 0 saturated heterocycles. The molecule has 0 saturated carbocycles. The predicted octanol–water partition coefficient (Wildman–Crippen LogP) is 3.87. The van der Waals surface area contributed by atoms with Gasteiger partial charge in [0.15, 0.2) is 0 Å². The van der Waals surface area contributed by atoms with E-state index in [1.54, 1.807) is 7.11 Å². The van der Waals surface area contributed by atoms with Crippen LogP contribution in [0.3, 0.4) is 0 Å². The number of hydrogen-bond donors (Lipinski definition) is 1. The van der Waals surface area contributed by atoms with Crippen molar-refractivity contribution in [2.45, 2.75) is 52.1 Å². The number of ether oxygens (including phenoxy) is 1. The highest BCUT2D eigenvalue weighted by atomic mass is 35.5. The molecule has 1 rings (SSSR count). The maximum absolute atomic E-state index is 6.51. The lowest BCUT2D eigenvalue weighted by Crippen LogP contribution is -2.35. The summed E-state index contributed by atoms with van der Waals surface area (Å²) in [5.41, 5.74) is 8.30. The van der Waals surface area contributed by atoms with Gasteiger partial charge in [0.25, 0.3) is 0 Å². The summed E-state index contributed by atoms with van der Waals surface area (Å²) in [5.74, 6) is 0. The fourth-order valence-corrected chi connectivity index (χ4v) is 2.66. The van der Waals surface area contributed by atoms with Crippen LogP contribution >= 0.6 is 11.6 Å². The van der Waals surface area contributed by atoms with Gasteiger partial charge >= 0.3 is 0 Å². The Morgan fingerprint density at radius 1 is 1.29 bits per heavy atom. The van der Waals surface area contributed by atoms with Crippen LogP contribution in [0.4, 0.5) is 5.69 Å². The standard InChI is InChI=1S/C17H29ClN2O/c1-5-13(3)20(9-10-21-4)17-8-7-14(12-16(17)18)11-15(19)6-2/h7-8,12-13,15H,5-6,9-11,19H2,1-4H3. The third kappa shape index (κ3) is 5.50. The molecule has 0 aliphatic rings. The molecule has 1 aromatic carbocycles. The van der Waals surface area contributed by atoms with Gasteiger partial charge in [-0.3, -0.25) is 0 Å². The molecule has 120 valence electrons. The van der Waals surface area contributed by atoms with Crippen molar-refractivity contribution >= 4 is 17.3 Å². The van der Waals surface area contributed by atoms with Gasteiger partial charge in [-0.05, 0) is 43.9 Å². The molecule has 0 amide bonds. The quantitative estimate of drug-likeness (QED) is 0.752. The zero-order valence-corrected chi connectivity index (χ0v) is 14.5. The highest BCUT2D eigenvalue weighted by Gasteiger charge is 2.16. The number of hydrogen-bond acceptors (Lipinski definition) is 3. The van der Waals surface area contributed by atoms with Crippen LogP contribution in [0.2, 0.25) is 5.02 Å². The van der Waals surface area contributed by atoms with Crippen molar-refractivity contribution in [1.82, 2.24) is 0 Å². The molecule has 21 heavy (non-hydrogen) atoms. The molecule has 4 heteroatoms. The van der Waals surface area contributed by atoms with Crippen molar-refractivity contribution in [2.24, 2.45) is 5.73 Å². The summed E-state index contributed by atoms with van der Waals surface area (Å²) < 4.78 is 5.22. The van der Waals surface area contributed by atoms with Gasteiger partial charge in [-0.2, -0.15) is 0 Å². The number of halogens is 1. The third-order valence-corrected chi connectivity index (χ3v) is 4.31. The Bertz CT molecular complexity index is 425. The van der Waals surface area contributed by atoms with Crippen LogP contribution in [-0.2, 0) is 11.2 Å². The van der Waals surface area contributed by atoms with Crippen LogP contribution in [0.25, 0.3) is 0 Å². The maximum Gasteiger partial charge on any atom is 0.0642 e.